The molecule has 2 aliphatic heterocycles. The molecule has 106 valence electrons. The summed E-state index contributed by atoms with van der Waals surface area (Å²) in [5, 5.41) is 3.53. The average molecular weight is 253 g/mol. The van der Waals surface area contributed by atoms with Gasteiger partial charge in [0, 0.05) is 37.8 Å². The van der Waals surface area contributed by atoms with Gasteiger partial charge in [0.05, 0.1) is 0 Å². The number of nitrogens with zero attached hydrogens (tertiary/aromatic N) is 2. The van der Waals surface area contributed by atoms with Gasteiger partial charge in [-0.05, 0) is 46.2 Å². The summed E-state index contributed by atoms with van der Waals surface area (Å²) in [6, 6.07) is 2.22. The molecule has 0 aromatic heterocycles. The smallest absolute Gasteiger partial charge is 0.0223 e. The Morgan fingerprint density at radius 1 is 1.17 bits per heavy atom. The Kier molecular flexibility index (Phi) is 5.46. The molecule has 3 unspecified atom stereocenters. The molecule has 0 aromatic carbocycles. The minimum absolute atomic E-state index is 0.648. The monoisotopic (exact) mass is 253 g/mol. The van der Waals surface area contributed by atoms with Crippen molar-refractivity contribution in [1.29, 1.82) is 0 Å². The molecule has 0 saturated carbocycles. The molecule has 0 amide bonds. The molecule has 3 heteroatoms. The van der Waals surface area contributed by atoms with Crippen molar-refractivity contribution in [2.24, 2.45) is 0 Å². The minimum atomic E-state index is 0.648. The second kappa shape index (κ2) is 6.88. The van der Waals surface area contributed by atoms with Crippen LogP contribution in [0.3, 0.4) is 0 Å². The second-order valence-electron chi connectivity index (χ2n) is 6.22. The summed E-state index contributed by atoms with van der Waals surface area (Å²) < 4.78 is 0. The van der Waals surface area contributed by atoms with Crippen LogP contribution in [0.1, 0.15) is 46.5 Å². The van der Waals surface area contributed by atoms with E-state index in [-0.39, 0.29) is 0 Å². The van der Waals surface area contributed by atoms with E-state index in [0.29, 0.717) is 6.04 Å². The van der Waals surface area contributed by atoms with Crippen molar-refractivity contribution >= 4 is 0 Å². The maximum absolute atomic E-state index is 3.53. The predicted octanol–water partition coefficient (Wildman–Crippen LogP) is 1.93. The lowest BCUT2D eigenvalue weighted by molar-refractivity contribution is 0.0276. The van der Waals surface area contributed by atoms with Crippen LogP contribution >= 0.6 is 0 Å². The Labute approximate surface area is 113 Å². The Bertz CT molecular complexity index is 244. The van der Waals surface area contributed by atoms with Gasteiger partial charge in [-0.15, -0.1) is 0 Å². The van der Waals surface area contributed by atoms with Crippen LogP contribution < -0.4 is 5.32 Å². The Morgan fingerprint density at radius 3 is 2.78 bits per heavy atom. The van der Waals surface area contributed by atoms with Crippen molar-refractivity contribution in [2.75, 3.05) is 32.7 Å². The van der Waals surface area contributed by atoms with Gasteiger partial charge in [-0.2, -0.15) is 0 Å². The molecule has 0 bridgehead atoms. The van der Waals surface area contributed by atoms with E-state index in [1.165, 1.54) is 51.9 Å². The lowest BCUT2D eigenvalue weighted by Crippen LogP contribution is -2.57. The lowest BCUT2D eigenvalue weighted by atomic mass is 9.97. The van der Waals surface area contributed by atoms with E-state index in [2.05, 4.69) is 35.9 Å². The fourth-order valence-corrected chi connectivity index (χ4v) is 3.67. The van der Waals surface area contributed by atoms with Crippen molar-refractivity contribution in [2.45, 2.75) is 64.6 Å². The molecule has 0 spiro atoms. The SMILES string of the molecule is CCNC(C)CC(C)N1CCN2CCCCC2C1. The van der Waals surface area contributed by atoms with Crippen molar-refractivity contribution in [1.82, 2.24) is 15.1 Å². The van der Waals surface area contributed by atoms with Gasteiger partial charge in [0.1, 0.15) is 0 Å². The molecule has 3 nitrogen and oxygen atoms in total. The van der Waals surface area contributed by atoms with Crippen LogP contribution in [0.25, 0.3) is 0 Å². The van der Waals surface area contributed by atoms with Crippen LogP contribution in [0.15, 0.2) is 0 Å². The van der Waals surface area contributed by atoms with Crippen molar-refractivity contribution in [3.63, 3.8) is 0 Å². The molecule has 2 heterocycles. The number of nitrogens with one attached hydrogen (secondary N) is 1. The highest BCUT2D eigenvalue weighted by molar-refractivity contribution is 4.87. The first-order chi connectivity index (χ1) is 8.70. The van der Waals surface area contributed by atoms with Gasteiger partial charge in [-0.25, -0.2) is 0 Å². The predicted molar refractivity (Wildman–Crippen MR) is 78.0 cm³/mol. The highest BCUT2D eigenvalue weighted by atomic mass is 15.3. The second-order valence-corrected chi connectivity index (χ2v) is 6.22. The third kappa shape index (κ3) is 3.69. The summed E-state index contributed by atoms with van der Waals surface area (Å²) in [6.07, 6.45) is 5.56. The Hall–Kier alpha value is -0.120. The third-order valence-corrected chi connectivity index (χ3v) is 4.74. The number of hydrogen-bond acceptors (Lipinski definition) is 3. The van der Waals surface area contributed by atoms with E-state index in [9.17, 15) is 0 Å². The molecule has 0 aliphatic carbocycles. The molecule has 2 aliphatic rings. The van der Waals surface area contributed by atoms with E-state index in [1.807, 2.05) is 0 Å². The van der Waals surface area contributed by atoms with Crippen LogP contribution in [0, 0.1) is 0 Å². The summed E-state index contributed by atoms with van der Waals surface area (Å²) >= 11 is 0. The summed E-state index contributed by atoms with van der Waals surface area (Å²) in [5.74, 6) is 0. The average Bonchev–Trinajstić information content (AvgIpc) is 2.38. The maximum Gasteiger partial charge on any atom is 0.0223 e. The van der Waals surface area contributed by atoms with E-state index in [1.54, 1.807) is 0 Å². The van der Waals surface area contributed by atoms with Gasteiger partial charge in [-0.3, -0.25) is 9.80 Å². The molecule has 2 fully saturated rings. The Balaban J connectivity index is 1.78. The van der Waals surface area contributed by atoms with Gasteiger partial charge >= 0.3 is 0 Å². The van der Waals surface area contributed by atoms with Crippen LogP contribution in [0.2, 0.25) is 0 Å². The van der Waals surface area contributed by atoms with Gasteiger partial charge in [0.2, 0.25) is 0 Å². The maximum atomic E-state index is 3.53. The molecule has 2 rings (SSSR count). The number of hydrogen-bond donors (Lipinski definition) is 1. The topological polar surface area (TPSA) is 18.5 Å². The van der Waals surface area contributed by atoms with Crippen LogP contribution in [-0.2, 0) is 0 Å². The number of rotatable bonds is 5. The third-order valence-electron chi connectivity index (χ3n) is 4.74. The highest BCUT2D eigenvalue weighted by Gasteiger charge is 2.30. The molecule has 1 N–H and O–H groups in total. The molecular weight excluding hydrogens is 222 g/mol. The van der Waals surface area contributed by atoms with Crippen molar-refractivity contribution in [3.8, 4) is 0 Å². The molecule has 2 saturated heterocycles. The van der Waals surface area contributed by atoms with Crippen LogP contribution in [0.4, 0.5) is 0 Å². The normalized spacial score (nSPS) is 29.8. The first-order valence-corrected chi connectivity index (χ1v) is 7.92. The van der Waals surface area contributed by atoms with Crippen molar-refractivity contribution < 1.29 is 0 Å². The summed E-state index contributed by atoms with van der Waals surface area (Å²) in [6.45, 7) is 13.2. The fourth-order valence-electron chi connectivity index (χ4n) is 3.67. The van der Waals surface area contributed by atoms with E-state index in [0.717, 1.165) is 18.6 Å². The number of fused-ring (bicyclic) bond motifs is 1. The fraction of sp³-hybridized carbons (Fsp3) is 1.00. The standard InChI is InChI=1S/C15H31N3/c1-4-16-13(2)11-14(3)18-10-9-17-8-6-5-7-15(17)12-18/h13-16H,4-12H2,1-3H3. The zero-order chi connectivity index (χ0) is 13.0. The first-order valence-electron chi connectivity index (χ1n) is 7.92. The lowest BCUT2D eigenvalue weighted by Gasteiger charge is -2.46. The summed E-state index contributed by atoms with van der Waals surface area (Å²) in [7, 11) is 0. The summed E-state index contributed by atoms with van der Waals surface area (Å²) in [5.41, 5.74) is 0. The molecular formula is C15H31N3. The number of piperidine rings is 1. The van der Waals surface area contributed by atoms with E-state index < -0.39 is 0 Å². The zero-order valence-electron chi connectivity index (χ0n) is 12.5. The van der Waals surface area contributed by atoms with Crippen LogP contribution in [-0.4, -0.2) is 60.6 Å². The largest absolute Gasteiger partial charge is 0.314 e. The minimum Gasteiger partial charge on any atom is -0.314 e. The van der Waals surface area contributed by atoms with Crippen LogP contribution in [0.5, 0.6) is 0 Å². The van der Waals surface area contributed by atoms with Crippen molar-refractivity contribution in [3.05, 3.63) is 0 Å². The molecule has 3 atom stereocenters. The van der Waals surface area contributed by atoms with E-state index >= 15 is 0 Å². The molecule has 0 aromatic rings. The first kappa shape index (κ1) is 14.3. The van der Waals surface area contributed by atoms with Gasteiger partial charge < -0.3 is 5.32 Å². The van der Waals surface area contributed by atoms with Gasteiger partial charge in [0.25, 0.3) is 0 Å². The molecule has 0 radical (unpaired) electrons. The quantitative estimate of drug-likeness (QED) is 0.808. The Morgan fingerprint density at radius 2 is 2.00 bits per heavy atom. The van der Waals surface area contributed by atoms with E-state index in [4.69, 9.17) is 0 Å². The number of piperazine rings is 1. The van der Waals surface area contributed by atoms with Gasteiger partial charge in [-0.1, -0.05) is 13.3 Å². The highest BCUT2D eigenvalue weighted by Crippen LogP contribution is 2.23. The zero-order valence-corrected chi connectivity index (χ0v) is 12.5. The summed E-state index contributed by atoms with van der Waals surface area (Å²) in [4.78, 5) is 5.45. The molecule has 18 heavy (non-hydrogen) atoms. The van der Waals surface area contributed by atoms with Gasteiger partial charge in [0.15, 0.2) is 0 Å².